The Morgan fingerprint density at radius 1 is 1.07 bits per heavy atom. The molecule has 0 bridgehead atoms. The van der Waals surface area contributed by atoms with Gasteiger partial charge in [-0.3, -0.25) is 0 Å². The van der Waals surface area contributed by atoms with Gasteiger partial charge in [-0.2, -0.15) is 0 Å². The molecule has 2 nitrogen and oxygen atoms in total. The average Bonchev–Trinajstić information content (AvgIpc) is 2.19. The van der Waals surface area contributed by atoms with Crippen molar-refractivity contribution in [3.63, 3.8) is 0 Å². The van der Waals surface area contributed by atoms with Crippen molar-refractivity contribution >= 4 is 34.0 Å². The predicted molar refractivity (Wildman–Crippen MR) is 71.7 cm³/mol. The number of hydrogen-bond acceptors (Lipinski definition) is 2. The molecule has 78 valence electrons. The Balaban J connectivity index is 3.39. The van der Waals surface area contributed by atoms with Crippen molar-refractivity contribution in [2.75, 3.05) is 11.5 Å². The van der Waals surface area contributed by atoms with Crippen LogP contribution in [-0.2, 0) is 17.3 Å². The number of halogens is 1. The number of nitrogens with two attached hydrogens (primary N) is 2. The summed E-state index contributed by atoms with van der Waals surface area (Å²) < 4.78 is 0.885. The van der Waals surface area contributed by atoms with Crippen LogP contribution in [0.4, 0.5) is 11.4 Å². The SMILES string of the molecule is CCc1cc(CC)c(N)c(CI)c1N. The molecule has 0 saturated carbocycles. The van der Waals surface area contributed by atoms with E-state index >= 15 is 0 Å². The summed E-state index contributed by atoms with van der Waals surface area (Å²) in [6, 6.07) is 2.14. The Morgan fingerprint density at radius 2 is 1.50 bits per heavy atom. The smallest absolute Gasteiger partial charge is 0.0407 e. The van der Waals surface area contributed by atoms with E-state index in [9.17, 15) is 0 Å². The fourth-order valence-electron chi connectivity index (χ4n) is 1.63. The average molecular weight is 304 g/mol. The molecule has 0 aliphatic carbocycles. The first kappa shape index (κ1) is 11.6. The highest BCUT2D eigenvalue weighted by molar-refractivity contribution is 14.1. The minimum atomic E-state index is 0.885. The van der Waals surface area contributed by atoms with Gasteiger partial charge in [-0.05, 0) is 24.0 Å². The molecule has 0 atom stereocenters. The molecule has 0 aliphatic rings. The topological polar surface area (TPSA) is 52.0 Å². The summed E-state index contributed by atoms with van der Waals surface area (Å²) in [5, 5.41) is 0. The molecular formula is C11H17IN2. The highest BCUT2D eigenvalue weighted by Gasteiger charge is 2.10. The van der Waals surface area contributed by atoms with E-state index < -0.39 is 0 Å². The molecule has 0 aromatic heterocycles. The number of hydrogen-bond donors (Lipinski definition) is 2. The van der Waals surface area contributed by atoms with E-state index in [1.54, 1.807) is 0 Å². The number of benzene rings is 1. The van der Waals surface area contributed by atoms with Crippen molar-refractivity contribution in [3.8, 4) is 0 Å². The number of aryl methyl sites for hydroxylation is 2. The van der Waals surface area contributed by atoms with Crippen molar-refractivity contribution in [2.24, 2.45) is 0 Å². The second-order valence-electron chi connectivity index (χ2n) is 3.34. The van der Waals surface area contributed by atoms with Crippen LogP contribution in [0.2, 0.25) is 0 Å². The van der Waals surface area contributed by atoms with Crippen LogP contribution in [0, 0.1) is 0 Å². The van der Waals surface area contributed by atoms with Crippen LogP contribution in [0.1, 0.15) is 30.5 Å². The van der Waals surface area contributed by atoms with E-state index in [2.05, 4.69) is 42.5 Å². The number of alkyl halides is 1. The molecule has 0 aliphatic heterocycles. The normalized spacial score (nSPS) is 10.5. The Bertz CT molecular complexity index is 306. The summed E-state index contributed by atoms with van der Waals surface area (Å²) in [7, 11) is 0. The van der Waals surface area contributed by atoms with Crippen LogP contribution >= 0.6 is 22.6 Å². The van der Waals surface area contributed by atoms with E-state index in [-0.39, 0.29) is 0 Å². The summed E-state index contributed by atoms with van der Waals surface area (Å²) in [6.45, 7) is 4.25. The number of rotatable bonds is 3. The van der Waals surface area contributed by atoms with Crippen molar-refractivity contribution in [3.05, 3.63) is 22.8 Å². The third-order valence-corrected chi connectivity index (χ3v) is 3.35. The second kappa shape index (κ2) is 4.87. The lowest BCUT2D eigenvalue weighted by Crippen LogP contribution is -2.05. The van der Waals surface area contributed by atoms with E-state index in [0.717, 1.165) is 34.2 Å². The molecule has 4 N–H and O–H groups in total. The largest absolute Gasteiger partial charge is 0.398 e. The molecular weight excluding hydrogens is 287 g/mol. The first-order chi connectivity index (χ1) is 6.65. The van der Waals surface area contributed by atoms with Crippen LogP contribution in [0.5, 0.6) is 0 Å². The fourth-order valence-corrected chi connectivity index (χ4v) is 2.45. The maximum Gasteiger partial charge on any atom is 0.0407 e. The Kier molecular flexibility index (Phi) is 4.04. The summed E-state index contributed by atoms with van der Waals surface area (Å²) >= 11 is 2.31. The molecule has 0 unspecified atom stereocenters. The lowest BCUT2D eigenvalue weighted by molar-refractivity contribution is 1.08. The lowest BCUT2D eigenvalue weighted by atomic mass is 9.98. The molecule has 0 fully saturated rings. The highest BCUT2D eigenvalue weighted by atomic mass is 127. The molecule has 0 saturated heterocycles. The van der Waals surface area contributed by atoms with Crippen LogP contribution in [0.3, 0.4) is 0 Å². The van der Waals surface area contributed by atoms with Crippen molar-refractivity contribution in [1.29, 1.82) is 0 Å². The van der Waals surface area contributed by atoms with Gasteiger partial charge in [0, 0.05) is 21.4 Å². The summed E-state index contributed by atoms with van der Waals surface area (Å²) in [4.78, 5) is 0. The van der Waals surface area contributed by atoms with E-state index in [0.29, 0.717) is 0 Å². The van der Waals surface area contributed by atoms with Crippen molar-refractivity contribution in [1.82, 2.24) is 0 Å². The Labute approximate surface area is 99.2 Å². The summed E-state index contributed by atoms with van der Waals surface area (Å²) in [6.07, 6.45) is 1.95. The van der Waals surface area contributed by atoms with Crippen LogP contribution in [0.15, 0.2) is 6.07 Å². The molecule has 1 rings (SSSR count). The van der Waals surface area contributed by atoms with Gasteiger partial charge in [0.15, 0.2) is 0 Å². The molecule has 0 radical (unpaired) electrons. The van der Waals surface area contributed by atoms with E-state index in [1.807, 2.05) is 0 Å². The van der Waals surface area contributed by atoms with Gasteiger partial charge < -0.3 is 11.5 Å². The van der Waals surface area contributed by atoms with Gasteiger partial charge in [0.25, 0.3) is 0 Å². The minimum absolute atomic E-state index is 0.885. The minimum Gasteiger partial charge on any atom is -0.398 e. The van der Waals surface area contributed by atoms with Gasteiger partial charge in [0.05, 0.1) is 0 Å². The summed E-state index contributed by atoms with van der Waals surface area (Å²) in [5.74, 6) is 0. The van der Waals surface area contributed by atoms with Crippen molar-refractivity contribution in [2.45, 2.75) is 31.1 Å². The molecule has 1 aromatic rings. The van der Waals surface area contributed by atoms with Gasteiger partial charge in [-0.25, -0.2) is 0 Å². The lowest BCUT2D eigenvalue weighted by Gasteiger charge is -2.14. The standard InChI is InChI=1S/C11H17IN2/c1-3-7-5-8(4-2)11(14)9(6-12)10(7)13/h5H,3-4,6,13-14H2,1-2H3. The zero-order valence-electron chi connectivity index (χ0n) is 8.73. The molecule has 0 amide bonds. The van der Waals surface area contributed by atoms with E-state index in [4.69, 9.17) is 11.5 Å². The Hall–Kier alpha value is -0.450. The van der Waals surface area contributed by atoms with Gasteiger partial charge in [0.1, 0.15) is 0 Å². The van der Waals surface area contributed by atoms with Crippen LogP contribution in [-0.4, -0.2) is 0 Å². The maximum atomic E-state index is 6.04. The van der Waals surface area contributed by atoms with Gasteiger partial charge >= 0.3 is 0 Å². The van der Waals surface area contributed by atoms with Gasteiger partial charge in [-0.15, -0.1) is 0 Å². The molecule has 0 spiro atoms. The molecule has 3 heteroatoms. The first-order valence-electron chi connectivity index (χ1n) is 4.90. The number of anilines is 2. The molecule has 1 aromatic carbocycles. The monoisotopic (exact) mass is 304 g/mol. The fraction of sp³-hybridized carbons (Fsp3) is 0.455. The zero-order valence-corrected chi connectivity index (χ0v) is 10.9. The van der Waals surface area contributed by atoms with Gasteiger partial charge in [0.2, 0.25) is 0 Å². The quantitative estimate of drug-likeness (QED) is 0.512. The second-order valence-corrected chi connectivity index (χ2v) is 4.10. The number of nitrogen functional groups attached to an aromatic ring is 2. The summed E-state index contributed by atoms with van der Waals surface area (Å²) in [5.41, 5.74) is 17.4. The van der Waals surface area contributed by atoms with Crippen LogP contribution < -0.4 is 11.5 Å². The predicted octanol–water partition coefficient (Wildman–Crippen LogP) is 2.91. The van der Waals surface area contributed by atoms with E-state index in [1.165, 1.54) is 11.1 Å². The third kappa shape index (κ3) is 1.97. The van der Waals surface area contributed by atoms with Crippen molar-refractivity contribution < 1.29 is 0 Å². The molecule has 0 heterocycles. The third-order valence-electron chi connectivity index (χ3n) is 2.59. The maximum absolute atomic E-state index is 6.04. The zero-order chi connectivity index (χ0) is 10.7. The molecule has 14 heavy (non-hydrogen) atoms. The van der Waals surface area contributed by atoms with Gasteiger partial charge in [-0.1, -0.05) is 42.5 Å². The Morgan fingerprint density at radius 3 is 1.79 bits per heavy atom. The van der Waals surface area contributed by atoms with Crippen LogP contribution in [0.25, 0.3) is 0 Å². The highest BCUT2D eigenvalue weighted by Crippen LogP contribution is 2.30. The first-order valence-corrected chi connectivity index (χ1v) is 6.42.